The number of thiophene rings is 1. The Morgan fingerprint density at radius 2 is 2.13 bits per heavy atom. The number of nitrogens with one attached hydrogen (secondary N) is 1. The molecule has 0 bridgehead atoms. The largest absolute Gasteiger partial charge is 0.350 e. The second-order valence-electron chi connectivity index (χ2n) is 4.52. The highest BCUT2D eigenvalue weighted by Crippen LogP contribution is 2.20. The number of aryl methyl sites for hydroxylation is 2. The van der Waals surface area contributed by atoms with E-state index < -0.39 is 0 Å². The van der Waals surface area contributed by atoms with Gasteiger partial charge in [-0.05, 0) is 39.3 Å². The highest BCUT2D eigenvalue weighted by molar-refractivity contribution is 7.14. The molecule has 1 heterocycles. The minimum absolute atomic E-state index is 0.0327. The molecule has 4 heteroatoms. The van der Waals surface area contributed by atoms with Gasteiger partial charge in [-0.2, -0.15) is 0 Å². The summed E-state index contributed by atoms with van der Waals surface area (Å²) in [5, 5.41) is 2.83. The van der Waals surface area contributed by atoms with Gasteiger partial charge in [0, 0.05) is 17.0 Å². The minimum atomic E-state index is -0.364. The molecule has 0 aliphatic heterocycles. The molecule has 84 valence electrons. The standard InChI is InChI=1S/C11H18N2OS/c1-7-5-9(15-8(7)2)10(14)13-6-11(3,4)12/h5H,6,12H2,1-4H3,(H,13,14). The number of nitrogens with two attached hydrogens (primary N) is 1. The van der Waals surface area contributed by atoms with Crippen LogP contribution in [0.25, 0.3) is 0 Å². The van der Waals surface area contributed by atoms with Crippen molar-refractivity contribution < 1.29 is 4.79 Å². The molecular formula is C11H18N2OS. The van der Waals surface area contributed by atoms with E-state index in [2.05, 4.69) is 5.32 Å². The molecule has 1 rings (SSSR count). The first-order valence-electron chi connectivity index (χ1n) is 4.94. The van der Waals surface area contributed by atoms with Gasteiger partial charge in [-0.1, -0.05) is 0 Å². The molecular weight excluding hydrogens is 208 g/mol. The molecule has 1 aromatic rings. The maximum atomic E-state index is 11.7. The molecule has 0 fully saturated rings. The normalized spacial score (nSPS) is 11.5. The Morgan fingerprint density at radius 1 is 1.53 bits per heavy atom. The lowest BCUT2D eigenvalue weighted by molar-refractivity contribution is 0.0950. The van der Waals surface area contributed by atoms with Gasteiger partial charge in [0.25, 0.3) is 5.91 Å². The van der Waals surface area contributed by atoms with E-state index in [4.69, 9.17) is 5.73 Å². The summed E-state index contributed by atoms with van der Waals surface area (Å²) >= 11 is 1.52. The summed E-state index contributed by atoms with van der Waals surface area (Å²) in [5.41, 5.74) is 6.59. The lowest BCUT2D eigenvalue weighted by atomic mass is 10.1. The van der Waals surface area contributed by atoms with Crippen molar-refractivity contribution in [1.29, 1.82) is 0 Å². The molecule has 0 radical (unpaired) electrons. The van der Waals surface area contributed by atoms with Gasteiger partial charge in [0.1, 0.15) is 0 Å². The van der Waals surface area contributed by atoms with E-state index in [9.17, 15) is 4.79 Å². The van der Waals surface area contributed by atoms with Crippen molar-refractivity contribution in [2.45, 2.75) is 33.2 Å². The Hall–Kier alpha value is -0.870. The van der Waals surface area contributed by atoms with Crippen LogP contribution in [0.2, 0.25) is 0 Å². The van der Waals surface area contributed by atoms with Crippen molar-refractivity contribution in [3.63, 3.8) is 0 Å². The van der Waals surface area contributed by atoms with E-state index in [1.807, 2.05) is 33.8 Å². The van der Waals surface area contributed by atoms with Crippen molar-refractivity contribution in [2.75, 3.05) is 6.54 Å². The van der Waals surface area contributed by atoms with Gasteiger partial charge in [-0.25, -0.2) is 0 Å². The van der Waals surface area contributed by atoms with Gasteiger partial charge in [-0.3, -0.25) is 4.79 Å². The summed E-state index contributed by atoms with van der Waals surface area (Å²) in [6.07, 6.45) is 0. The van der Waals surface area contributed by atoms with E-state index in [-0.39, 0.29) is 11.4 Å². The third-order valence-electron chi connectivity index (χ3n) is 2.09. The molecule has 0 aliphatic rings. The number of hydrogen-bond acceptors (Lipinski definition) is 3. The first kappa shape index (κ1) is 12.2. The SMILES string of the molecule is Cc1cc(C(=O)NCC(C)(C)N)sc1C. The zero-order valence-corrected chi connectivity index (χ0v) is 10.5. The number of hydrogen-bond donors (Lipinski definition) is 2. The zero-order valence-electron chi connectivity index (χ0n) is 9.68. The van der Waals surface area contributed by atoms with Crippen LogP contribution in [0.5, 0.6) is 0 Å². The summed E-state index contributed by atoms with van der Waals surface area (Å²) in [4.78, 5) is 13.6. The van der Waals surface area contributed by atoms with E-state index in [1.54, 1.807) is 0 Å². The van der Waals surface area contributed by atoms with Crippen LogP contribution in [0.3, 0.4) is 0 Å². The van der Waals surface area contributed by atoms with Crippen LogP contribution >= 0.6 is 11.3 Å². The second kappa shape index (κ2) is 4.33. The van der Waals surface area contributed by atoms with Gasteiger partial charge >= 0.3 is 0 Å². The van der Waals surface area contributed by atoms with Gasteiger partial charge in [0.2, 0.25) is 0 Å². The zero-order chi connectivity index (χ0) is 11.6. The molecule has 0 saturated heterocycles. The Balaban J connectivity index is 2.62. The number of carbonyl (C=O) groups is 1. The highest BCUT2D eigenvalue weighted by atomic mass is 32.1. The Bertz CT molecular complexity index is 344. The second-order valence-corrected chi connectivity index (χ2v) is 5.78. The van der Waals surface area contributed by atoms with Gasteiger partial charge in [0.05, 0.1) is 4.88 Å². The minimum Gasteiger partial charge on any atom is -0.350 e. The first-order chi connectivity index (χ1) is 6.79. The first-order valence-corrected chi connectivity index (χ1v) is 5.75. The smallest absolute Gasteiger partial charge is 0.261 e. The quantitative estimate of drug-likeness (QED) is 0.826. The monoisotopic (exact) mass is 226 g/mol. The predicted molar refractivity (Wildman–Crippen MR) is 64.4 cm³/mol. The summed E-state index contributed by atoms with van der Waals surface area (Å²) in [6.45, 7) is 8.29. The molecule has 0 atom stereocenters. The maximum Gasteiger partial charge on any atom is 0.261 e. The van der Waals surface area contributed by atoms with Crippen LogP contribution in [-0.4, -0.2) is 18.0 Å². The van der Waals surface area contributed by atoms with Crippen LogP contribution in [0.4, 0.5) is 0 Å². The van der Waals surface area contributed by atoms with E-state index in [0.717, 1.165) is 10.4 Å². The maximum absolute atomic E-state index is 11.7. The van der Waals surface area contributed by atoms with Crippen LogP contribution in [-0.2, 0) is 0 Å². The highest BCUT2D eigenvalue weighted by Gasteiger charge is 2.15. The van der Waals surface area contributed by atoms with Gasteiger partial charge in [-0.15, -0.1) is 11.3 Å². The molecule has 15 heavy (non-hydrogen) atoms. The summed E-state index contributed by atoms with van der Waals surface area (Å²) in [7, 11) is 0. The molecule has 0 aromatic carbocycles. The van der Waals surface area contributed by atoms with Crippen LogP contribution in [0, 0.1) is 13.8 Å². The molecule has 0 aliphatic carbocycles. The Morgan fingerprint density at radius 3 is 2.53 bits per heavy atom. The fourth-order valence-electron chi connectivity index (χ4n) is 1.08. The Kier molecular flexibility index (Phi) is 3.52. The average molecular weight is 226 g/mol. The summed E-state index contributed by atoms with van der Waals surface area (Å²) in [6, 6.07) is 1.92. The molecule has 0 unspecified atom stereocenters. The molecule has 1 aromatic heterocycles. The topological polar surface area (TPSA) is 55.1 Å². The van der Waals surface area contributed by atoms with Crippen molar-refractivity contribution >= 4 is 17.2 Å². The van der Waals surface area contributed by atoms with Crippen molar-refractivity contribution in [3.05, 3.63) is 21.4 Å². The molecule has 0 spiro atoms. The Labute approximate surface area is 94.7 Å². The number of rotatable bonds is 3. The summed E-state index contributed by atoms with van der Waals surface area (Å²) < 4.78 is 0. The third-order valence-corrected chi connectivity index (χ3v) is 3.25. The van der Waals surface area contributed by atoms with Gasteiger partial charge in [0.15, 0.2) is 0 Å². The fraction of sp³-hybridized carbons (Fsp3) is 0.545. The molecule has 1 amide bonds. The third kappa shape index (κ3) is 3.64. The lowest BCUT2D eigenvalue weighted by Crippen LogP contribution is -2.44. The number of amides is 1. The van der Waals surface area contributed by atoms with Crippen LogP contribution < -0.4 is 11.1 Å². The van der Waals surface area contributed by atoms with Crippen LogP contribution in [0.15, 0.2) is 6.07 Å². The molecule has 3 nitrogen and oxygen atoms in total. The van der Waals surface area contributed by atoms with Gasteiger partial charge < -0.3 is 11.1 Å². The van der Waals surface area contributed by atoms with Crippen molar-refractivity contribution in [3.8, 4) is 0 Å². The van der Waals surface area contributed by atoms with E-state index in [0.29, 0.717) is 6.54 Å². The number of carbonyl (C=O) groups excluding carboxylic acids is 1. The van der Waals surface area contributed by atoms with Crippen LogP contribution in [0.1, 0.15) is 34.0 Å². The van der Waals surface area contributed by atoms with E-state index in [1.165, 1.54) is 16.2 Å². The van der Waals surface area contributed by atoms with E-state index >= 15 is 0 Å². The molecule has 3 N–H and O–H groups in total. The molecule has 0 saturated carbocycles. The fourth-order valence-corrected chi connectivity index (χ4v) is 2.03. The van der Waals surface area contributed by atoms with Crippen molar-refractivity contribution in [2.24, 2.45) is 5.73 Å². The van der Waals surface area contributed by atoms with Crippen molar-refractivity contribution in [1.82, 2.24) is 5.32 Å². The lowest BCUT2D eigenvalue weighted by Gasteiger charge is -2.18. The average Bonchev–Trinajstić information content (AvgIpc) is 2.42. The predicted octanol–water partition coefficient (Wildman–Crippen LogP) is 1.83. The summed E-state index contributed by atoms with van der Waals surface area (Å²) in [5.74, 6) is -0.0327.